The molecule has 3 nitrogen and oxygen atoms in total. The van der Waals surface area contributed by atoms with Crippen molar-refractivity contribution in [2.24, 2.45) is 0 Å². The van der Waals surface area contributed by atoms with Crippen molar-refractivity contribution < 1.29 is 4.79 Å². The van der Waals surface area contributed by atoms with Crippen molar-refractivity contribution in [1.82, 2.24) is 9.80 Å². The van der Waals surface area contributed by atoms with Gasteiger partial charge in [0.05, 0.1) is 6.42 Å². The van der Waals surface area contributed by atoms with Gasteiger partial charge in [-0.25, -0.2) is 0 Å². The Kier molecular flexibility index (Phi) is 9.06. The molecular formula is C24H34N2O. The van der Waals surface area contributed by atoms with Crippen molar-refractivity contribution in [3.05, 3.63) is 71.8 Å². The highest BCUT2D eigenvalue weighted by atomic mass is 16.2. The second-order valence-corrected chi connectivity index (χ2v) is 6.84. The summed E-state index contributed by atoms with van der Waals surface area (Å²) >= 11 is 0. The van der Waals surface area contributed by atoms with Gasteiger partial charge in [-0.3, -0.25) is 9.69 Å². The number of benzene rings is 2. The van der Waals surface area contributed by atoms with Gasteiger partial charge in [-0.2, -0.15) is 0 Å². The van der Waals surface area contributed by atoms with E-state index in [-0.39, 0.29) is 5.91 Å². The van der Waals surface area contributed by atoms with E-state index >= 15 is 0 Å². The zero-order chi connectivity index (χ0) is 19.5. The molecule has 0 spiro atoms. The smallest absolute Gasteiger partial charge is 0.227 e. The van der Waals surface area contributed by atoms with E-state index in [1.165, 1.54) is 5.56 Å². The highest BCUT2D eigenvalue weighted by Gasteiger charge is 2.26. The summed E-state index contributed by atoms with van der Waals surface area (Å²) in [4.78, 5) is 17.3. The van der Waals surface area contributed by atoms with Gasteiger partial charge in [0.1, 0.15) is 0 Å². The second kappa shape index (κ2) is 11.6. The Balaban J connectivity index is 0.00000126. The minimum atomic E-state index is 0.259. The van der Waals surface area contributed by atoms with Gasteiger partial charge in [0.25, 0.3) is 0 Å². The standard InChI is InChI=1S/C22H28N2O.C2H6/c1-2-24(22(25)17-19-9-5-3-6-10-19)21-13-15-23(16-14-21)18-20-11-7-4-8-12-20;1-2/h3-12,21H,2,13-18H2,1H3;1-2H3. The molecule has 3 heteroatoms. The molecule has 27 heavy (non-hydrogen) atoms. The summed E-state index contributed by atoms with van der Waals surface area (Å²) in [6.45, 7) is 10.0. The van der Waals surface area contributed by atoms with Crippen LogP contribution in [0.15, 0.2) is 60.7 Å². The van der Waals surface area contributed by atoms with Crippen LogP contribution in [0.25, 0.3) is 0 Å². The summed E-state index contributed by atoms with van der Waals surface area (Å²) in [5.74, 6) is 0.259. The number of rotatable bonds is 6. The molecule has 2 aromatic rings. The maximum Gasteiger partial charge on any atom is 0.227 e. The van der Waals surface area contributed by atoms with E-state index in [1.54, 1.807) is 0 Å². The molecule has 1 amide bonds. The fraction of sp³-hybridized carbons (Fsp3) is 0.458. The lowest BCUT2D eigenvalue weighted by atomic mass is 10.0. The fourth-order valence-corrected chi connectivity index (χ4v) is 3.74. The van der Waals surface area contributed by atoms with Crippen LogP contribution >= 0.6 is 0 Å². The molecule has 0 radical (unpaired) electrons. The van der Waals surface area contributed by atoms with E-state index in [0.717, 1.165) is 44.6 Å². The Morgan fingerprint density at radius 3 is 1.96 bits per heavy atom. The van der Waals surface area contributed by atoms with Gasteiger partial charge >= 0.3 is 0 Å². The minimum Gasteiger partial charge on any atom is -0.340 e. The summed E-state index contributed by atoms with van der Waals surface area (Å²) in [7, 11) is 0. The Morgan fingerprint density at radius 2 is 1.44 bits per heavy atom. The third-order valence-electron chi connectivity index (χ3n) is 5.11. The lowest BCUT2D eigenvalue weighted by molar-refractivity contribution is -0.133. The Labute approximate surface area is 165 Å². The normalized spacial score (nSPS) is 14.9. The number of carbonyl (C=O) groups is 1. The minimum absolute atomic E-state index is 0.259. The largest absolute Gasteiger partial charge is 0.340 e. The molecule has 0 aromatic heterocycles. The van der Waals surface area contributed by atoms with Gasteiger partial charge in [0.15, 0.2) is 0 Å². The number of hydrogen-bond donors (Lipinski definition) is 0. The first kappa shape index (κ1) is 21.2. The molecule has 0 unspecified atom stereocenters. The molecule has 1 heterocycles. The van der Waals surface area contributed by atoms with Crippen molar-refractivity contribution in [2.75, 3.05) is 19.6 Å². The third kappa shape index (κ3) is 6.51. The van der Waals surface area contributed by atoms with E-state index < -0.39 is 0 Å². The first-order chi connectivity index (χ1) is 13.3. The summed E-state index contributed by atoms with van der Waals surface area (Å²) in [6, 6.07) is 21.1. The van der Waals surface area contributed by atoms with Gasteiger partial charge < -0.3 is 4.90 Å². The fourth-order valence-electron chi connectivity index (χ4n) is 3.74. The van der Waals surface area contributed by atoms with Crippen LogP contribution in [0.4, 0.5) is 0 Å². The van der Waals surface area contributed by atoms with E-state index in [1.807, 2.05) is 44.2 Å². The summed E-state index contributed by atoms with van der Waals surface area (Å²) in [5.41, 5.74) is 2.47. The van der Waals surface area contributed by atoms with Crippen LogP contribution in [0.3, 0.4) is 0 Å². The maximum absolute atomic E-state index is 12.7. The Bertz CT molecular complexity index is 649. The van der Waals surface area contributed by atoms with Gasteiger partial charge in [-0.1, -0.05) is 74.5 Å². The van der Waals surface area contributed by atoms with Crippen molar-refractivity contribution >= 4 is 5.91 Å². The van der Waals surface area contributed by atoms with Crippen LogP contribution in [0.5, 0.6) is 0 Å². The average Bonchev–Trinajstić information content (AvgIpc) is 2.73. The number of likely N-dealkylation sites (tertiary alicyclic amines) is 1. The highest BCUT2D eigenvalue weighted by Crippen LogP contribution is 2.19. The van der Waals surface area contributed by atoms with Crippen molar-refractivity contribution in [3.8, 4) is 0 Å². The number of hydrogen-bond acceptors (Lipinski definition) is 2. The van der Waals surface area contributed by atoms with Crippen LogP contribution < -0.4 is 0 Å². The number of piperidine rings is 1. The number of carbonyl (C=O) groups excluding carboxylic acids is 1. The van der Waals surface area contributed by atoms with Gasteiger partial charge in [0.2, 0.25) is 5.91 Å². The first-order valence-electron chi connectivity index (χ1n) is 10.4. The molecule has 1 aliphatic rings. The van der Waals surface area contributed by atoms with Crippen molar-refractivity contribution in [2.45, 2.75) is 52.6 Å². The molecule has 0 aliphatic carbocycles. The first-order valence-corrected chi connectivity index (χ1v) is 10.4. The van der Waals surface area contributed by atoms with Gasteiger partial charge in [-0.15, -0.1) is 0 Å². The molecule has 0 saturated carbocycles. The predicted molar refractivity (Wildman–Crippen MR) is 114 cm³/mol. The summed E-state index contributed by atoms with van der Waals surface area (Å²) in [5, 5.41) is 0. The molecule has 0 bridgehead atoms. The molecule has 1 fully saturated rings. The van der Waals surface area contributed by atoms with Crippen LogP contribution in [-0.4, -0.2) is 41.4 Å². The number of likely N-dealkylation sites (N-methyl/N-ethyl adjacent to an activating group) is 1. The third-order valence-corrected chi connectivity index (χ3v) is 5.11. The maximum atomic E-state index is 12.7. The number of amides is 1. The van der Waals surface area contributed by atoms with Crippen molar-refractivity contribution in [3.63, 3.8) is 0 Å². The molecule has 1 aliphatic heterocycles. The Morgan fingerprint density at radius 1 is 0.926 bits per heavy atom. The highest BCUT2D eigenvalue weighted by molar-refractivity contribution is 5.79. The van der Waals surface area contributed by atoms with Crippen LogP contribution in [0, 0.1) is 0 Å². The SMILES string of the molecule is CC.CCN(C(=O)Cc1ccccc1)C1CCN(Cc2ccccc2)CC1. The summed E-state index contributed by atoms with van der Waals surface area (Å²) in [6.07, 6.45) is 2.65. The van der Waals surface area contributed by atoms with E-state index in [9.17, 15) is 4.79 Å². The molecule has 2 aromatic carbocycles. The van der Waals surface area contributed by atoms with E-state index in [2.05, 4.69) is 47.1 Å². The lowest BCUT2D eigenvalue weighted by Gasteiger charge is -2.38. The van der Waals surface area contributed by atoms with Crippen LogP contribution in [-0.2, 0) is 17.8 Å². The van der Waals surface area contributed by atoms with Crippen LogP contribution in [0.2, 0.25) is 0 Å². The topological polar surface area (TPSA) is 23.6 Å². The molecular weight excluding hydrogens is 332 g/mol. The zero-order valence-electron chi connectivity index (χ0n) is 17.1. The van der Waals surface area contributed by atoms with E-state index in [4.69, 9.17) is 0 Å². The van der Waals surface area contributed by atoms with Crippen LogP contribution in [0.1, 0.15) is 44.7 Å². The monoisotopic (exact) mass is 366 g/mol. The zero-order valence-corrected chi connectivity index (χ0v) is 17.1. The lowest BCUT2D eigenvalue weighted by Crippen LogP contribution is -2.47. The predicted octanol–water partition coefficient (Wildman–Crippen LogP) is 4.77. The quantitative estimate of drug-likeness (QED) is 0.735. The molecule has 3 rings (SSSR count). The van der Waals surface area contributed by atoms with Gasteiger partial charge in [0, 0.05) is 32.2 Å². The van der Waals surface area contributed by atoms with E-state index in [0.29, 0.717) is 12.5 Å². The molecule has 0 N–H and O–H groups in total. The second-order valence-electron chi connectivity index (χ2n) is 6.84. The molecule has 1 saturated heterocycles. The number of nitrogens with zero attached hydrogens (tertiary/aromatic N) is 2. The Hall–Kier alpha value is -2.13. The van der Waals surface area contributed by atoms with Crippen molar-refractivity contribution in [1.29, 1.82) is 0 Å². The molecule has 146 valence electrons. The van der Waals surface area contributed by atoms with Gasteiger partial charge in [-0.05, 0) is 30.9 Å². The average molecular weight is 367 g/mol. The summed E-state index contributed by atoms with van der Waals surface area (Å²) < 4.78 is 0. The molecule has 0 atom stereocenters.